The Morgan fingerprint density at radius 2 is 2.00 bits per heavy atom. The molecule has 1 aliphatic rings. The van der Waals surface area contributed by atoms with Crippen LogP contribution in [0.3, 0.4) is 0 Å². The van der Waals surface area contributed by atoms with Crippen LogP contribution in [-0.2, 0) is 4.79 Å². The van der Waals surface area contributed by atoms with Crippen molar-refractivity contribution in [3.63, 3.8) is 0 Å². The molecule has 1 aromatic carbocycles. The quantitative estimate of drug-likeness (QED) is 0.926. The first kappa shape index (κ1) is 15.5. The lowest BCUT2D eigenvalue weighted by Crippen LogP contribution is -2.43. The molecule has 0 saturated carbocycles. The average Bonchev–Trinajstić information content (AvgIpc) is 2.48. The molecule has 1 N–H and O–H groups in total. The van der Waals surface area contributed by atoms with Gasteiger partial charge in [-0.05, 0) is 50.5 Å². The summed E-state index contributed by atoms with van der Waals surface area (Å²) in [5, 5.41) is 2.69. The van der Waals surface area contributed by atoms with Crippen molar-refractivity contribution in [2.45, 2.75) is 38.6 Å². The van der Waals surface area contributed by atoms with Gasteiger partial charge in [-0.1, -0.05) is 0 Å². The second-order valence-electron chi connectivity index (χ2n) is 5.44. The van der Waals surface area contributed by atoms with Gasteiger partial charge in [-0.3, -0.25) is 9.59 Å². The van der Waals surface area contributed by atoms with E-state index in [4.69, 9.17) is 0 Å². The Bertz CT molecular complexity index is 502. The molecule has 114 valence electrons. The molecule has 1 aliphatic heterocycles. The number of amides is 2. The third kappa shape index (κ3) is 4.28. The fourth-order valence-corrected chi connectivity index (χ4v) is 2.60. The van der Waals surface area contributed by atoms with Crippen molar-refractivity contribution in [1.29, 1.82) is 0 Å². The molecule has 0 aromatic heterocycles. The molecule has 1 atom stereocenters. The van der Waals surface area contributed by atoms with Crippen LogP contribution in [-0.4, -0.2) is 35.8 Å². The summed E-state index contributed by atoms with van der Waals surface area (Å²) in [5.74, 6) is -0.572. The molecule has 0 bridgehead atoms. The van der Waals surface area contributed by atoms with Gasteiger partial charge in [0.2, 0.25) is 5.91 Å². The molecular formula is C16H21FN2O2. The van der Waals surface area contributed by atoms with Gasteiger partial charge >= 0.3 is 0 Å². The Hall–Kier alpha value is -1.91. The molecule has 21 heavy (non-hydrogen) atoms. The molecule has 5 heteroatoms. The molecule has 2 amide bonds. The van der Waals surface area contributed by atoms with Crippen LogP contribution >= 0.6 is 0 Å². The van der Waals surface area contributed by atoms with E-state index in [1.54, 1.807) is 0 Å². The summed E-state index contributed by atoms with van der Waals surface area (Å²) in [5.41, 5.74) is 0.398. The molecule has 2 rings (SSSR count). The van der Waals surface area contributed by atoms with Crippen molar-refractivity contribution in [2.24, 2.45) is 0 Å². The minimum absolute atomic E-state index is 0.0848. The highest BCUT2D eigenvalue weighted by molar-refractivity contribution is 5.94. The lowest BCUT2D eigenvalue weighted by molar-refractivity contribution is -0.134. The molecule has 1 unspecified atom stereocenters. The number of likely N-dealkylation sites (tertiary alicyclic amines) is 1. The number of piperidine rings is 1. The Morgan fingerprint density at radius 3 is 2.67 bits per heavy atom. The molecule has 1 heterocycles. The van der Waals surface area contributed by atoms with E-state index in [0.717, 1.165) is 19.4 Å². The number of carbonyl (C=O) groups is 2. The van der Waals surface area contributed by atoms with Gasteiger partial charge in [0.25, 0.3) is 5.91 Å². The first-order valence-corrected chi connectivity index (χ1v) is 7.41. The van der Waals surface area contributed by atoms with E-state index in [0.29, 0.717) is 24.6 Å². The number of rotatable bonds is 4. The van der Waals surface area contributed by atoms with Crippen molar-refractivity contribution >= 4 is 11.8 Å². The molecule has 4 nitrogen and oxygen atoms in total. The van der Waals surface area contributed by atoms with Crippen molar-refractivity contribution in [2.75, 3.05) is 13.1 Å². The van der Waals surface area contributed by atoms with Crippen molar-refractivity contribution < 1.29 is 14.0 Å². The maximum Gasteiger partial charge on any atom is 0.251 e. The topological polar surface area (TPSA) is 49.4 Å². The normalized spacial score (nSPS) is 18.4. The van der Waals surface area contributed by atoms with Crippen LogP contribution in [0, 0.1) is 5.82 Å². The fourth-order valence-electron chi connectivity index (χ4n) is 2.60. The highest BCUT2D eigenvalue weighted by Crippen LogP contribution is 2.17. The van der Waals surface area contributed by atoms with Crippen molar-refractivity contribution in [3.05, 3.63) is 35.6 Å². The number of hydrogen-bond acceptors (Lipinski definition) is 2. The standard InChI is InChI=1S/C16H21FN2O2/c1-12-4-2-3-11-19(12)15(20)9-10-18-16(21)13-5-7-14(17)8-6-13/h5-8,12H,2-4,9-11H2,1H3,(H,18,21). The predicted molar refractivity (Wildman–Crippen MR) is 78.4 cm³/mol. The van der Waals surface area contributed by atoms with E-state index in [2.05, 4.69) is 12.2 Å². The van der Waals surface area contributed by atoms with E-state index in [1.807, 2.05) is 4.90 Å². The summed E-state index contributed by atoms with van der Waals surface area (Å²) in [6.45, 7) is 3.18. The zero-order valence-electron chi connectivity index (χ0n) is 12.3. The Morgan fingerprint density at radius 1 is 1.29 bits per heavy atom. The van der Waals surface area contributed by atoms with Gasteiger partial charge in [0.1, 0.15) is 5.82 Å². The van der Waals surface area contributed by atoms with Crippen molar-refractivity contribution in [3.8, 4) is 0 Å². The first-order chi connectivity index (χ1) is 10.1. The molecule has 1 saturated heterocycles. The van der Waals surface area contributed by atoms with E-state index in [-0.39, 0.29) is 17.6 Å². The van der Waals surface area contributed by atoms with Crippen LogP contribution in [0.1, 0.15) is 43.0 Å². The van der Waals surface area contributed by atoms with Crippen LogP contribution < -0.4 is 5.32 Å². The smallest absolute Gasteiger partial charge is 0.251 e. The lowest BCUT2D eigenvalue weighted by Gasteiger charge is -2.33. The monoisotopic (exact) mass is 292 g/mol. The number of nitrogens with one attached hydrogen (secondary N) is 1. The van der Waals surface area contributed by atoms with E-state index < -0.39 is 0 Å². The van der Waals surface area contributed by atoms with Crippen LogP contribution in [0.25, 0.3) is 0 Å². The maximum absolute atomic E-state index is 12.8. The third-order valence-electron chi connectivity index (χ3n) is 3.85. The number of carbonyl (C=O) groups excluding carboxylic acids is 2. The Kier molecular flexibility index (Phi) is 5.31. The minimum Gasteiger partial charge on any atom is -0.352 e. The van der Waals surface area contributed by atoms with E-state index >= 15 is 0 Å². The fraction of sp³-hybridized carbons (Fsp3) is 0.500. The molecule has 0 radical (unpaired) electrons. The summed E-state index contributed by atoms with van der Waals surface area (Å²) in [6.07, 6.45) is 3.58. The van der Waals surface area contributed by atoms with Gasteiger partial charge in [0.15, 0.2) is 0 Å². The lowest BCUT2D eigenvalue weighted by atomic mass is 10.0. The summed E-state index contributed by atoms with van der Waals surface area (Å²) in [7, 11) is 0. The Labute approximate surface area is 124 Å². The number of hydrogen-bond donors (Lipinski definition) is 1. The van der Waals surface area contributed by atoms with Crippen LogP contribution in [0.2, 0.25) is 0 Å². The second kappa shape index (κ2) is 7.20. The zero-order chi connectivity index (χ0) is 15.2. The largest absolute Gasteiger partial charge is 0.352 e. The molecule has 1 fully saturated rings. The zero-order valence-corrected chi connectivity index (χ0v) is 12.3. The van der Waals surface area contributed by atoms with E-state index in [1.165, 1.54) is 30.7 Å². The van der Waals surface area contributed by atoms with Gasteiger partial charge in [-0.25, -0.2) is 4.39 Å². The summed E-state index contributed by atoms with van der Waals surface area (Å²) < 4.78 is 12.8. The number of benzene rings is 1. The average molecular weight is 292 g/mol. The van der Waals surface area contributed by atoms with E-state index in [9.17, 15) is 14.0 Å². The highest BCUT2D eigenvalue weighted by Gasteiger charge is 2.22. The highest BCUT2D eigenvalue weighted by atomic mass is 19.1. The van der Waals surface area contributed by atoms with Crippen LogP contribution in [0.5, 0.6) is 0 Å². The third-order valence-corrected chi connectivity index (χ3v) is 3.85. The van der Waals surface area contributed by atoms with Gasteiger partial charge in [-0.2, -0.15) is 0 Å². The summed E-state index contributed by atoms with van der Waals surface area (Å²) >= 11 is 0. The van der Waals surface area contributed by atoms with Gasteiger partial charge in [0.05, 0.1) is 0 Å². The molecule has 1 aromatic rings. The van der Waals surface area contributed by atoms with Gasteiger partial charge in [-0.15, -0.1) is 0 Å². The second-order valence-corrected chi connectivity index (χ2v) is 5.44. The molecule has 0 aliphatic carbocycles. The Balaban J connectivity index is 1.77. The summed E-state index contributed by atoms with van der Waals surface area (Å²) in [6, 6.07) is 5.64. The number of nitrogens with zero attached hydrogens (tertiary/aromatic N) is 1. The van der Waals surface area contributed by atoms with Gasteiger partial charge < -0.3 is 10.2 Å². The van der Waals surface area contributed by atoms with Gasteiger partial charge in [0, 0.05) is 31.1 Å². The summed E-state index contributed by atoms with van der Waals surface area (Å²) in [4.78, 5) is 25.8. The first-order valence-electron chi connectivity index (χ1n) is 7.41. The number of halogens is 1. The van der Waals surface area contributed by atoms with Crippen LogP contribution in [0.4, 0.5) is 4.39 Å². The molecular weight excluding hydrogens is 271 g/mol. The van der Waals surface area contributed by atoms with Crippen LogP contribution in [0.15, 0.2) is 24.3 Å². The minimum atomic E-state index is -0.374. The molecule has 0 spiro atoms. The predicted octanol–water partition coefficient (Wildman–Crippen LogP) is 2.35. The maximum atomic E-state index is 12.8. The van der Waals surface area contributed by atoms with Crippen molar-refractivity contribution in [1.82, 2.24) is 10.2 Å². The SMILES string of the molecule is CC1CCCCN1C(=O)CCNC(=O)c1ccc(F)cc1.